The molecule has 0 aliphatic rings. The summed E-state index contributed by atoms with van der Waals surface area (Å²) in [5.41, 5.74) is 4.67. The SMILES string of the molecule is CC[C@@H](C)c1ccc(OCC(=O)N/N=C/c2ccc(OC(=O)c3ccccc3Cl)cc2)cc1. The van der Waals surface area contributed by atoms with Gasteiger partial charge in [-0.2, -0.15) is 5.10 Å². The minimum absolute atomic E-state index is 0.142. The molecule has 0 radical (unpaired) electrons. The van der Waals surface area contributed by atoms with Crippen LogP contribution in [-0.2, 0) is 4.79 Å². The van der Waals surface area contributed by atoms with Crippen LogP contribution in [0.4, 0.5) is 0 Å². The molecule has 6 nitrogen and oxygen atoms in total. The second kappa shape index (κ2) is 11.8. The summed E-state index contributed by atoms with van der Waals surface area (Å²) < 4.78 is 10.8. The van der Waals surface area contributed by atoms with E-state index in [-0.39, 0.29) is 12.5 Å². The van der Waals surface area contributed by atoms with Crippen LogP contribution in [0.2, 0.25) is 5.02 Å². The first-order valence-corrected chi connectivity index (χ1v) is 11.0. The molecule has 0 aromatic heterocycles. The molecule has 0 fully saturated rings. The van der Waals surface area contributed by atoms with Crippen molar-refractivity contribution in [1.29, 1.82) is 0 Å². The molecule has 3 aromatic carbocycles. The molecule has 0 unspecified atom stereocenters. The Morgan fingerprint density at radius 2 is 1.67 bits per heavy atom. The lowest BCUT2D eigenvalue weighted by atomic mass is 9.99. The summed E-state index contributed by atoms with van der Waals surface area (Å²) in [6.45, 7) is 4.17. The van der Waals surface area contributed by atoms with E-state index in [4.69, 9.17) is 21.1 Å². The number of carbonyl (C=O) groups is 2. The third kappa shape index (κ3) is 7.19. The standard InChI is InChI=1S/C26H25ClN2O4/c1-3-18(2)20-10-14-21(15-11-20)32-17-25(30)29-28-16-19-8-12-22(13-9-19)33-26(31)23-6-4-5-7-24(23)27/h4-16,18H,3,17H2,1-2H3,(H,29,30)/b28-16+/t18-/m1/s1. The van der Waals surface area contributed by atoms with E-state index in [0.717, 1.165) is 12.0 Å². The molecule has 1 atom stereocenters. The molecule has 1 N–H and O–H groups in total. The topological polar surface area (TPSA) is 77.0 Å². The minimum Gasteiger partial charge on any atom is -0.484 e. The van der Waals surface area contributed by atoms with Gasteiger partial charge < -0.3 is 9.47 Å². The fourth-order valence-electron chi connectivity index (χ4n) is 2.90. The third-order valence-electron chi connectivity index (χ3n) is 5.02. The van der Waals surface area contributed by atoms with E-state index in [1.807, 2.05) is 24.3 Å². The maximum absolute atomic E-state index is 12.2. The molecular weight excluding hydrogens is 440 g/mol. The van der Waals surface area contributed by atoms with Gasteiger partial charge >= 0.3 is 5.97 Å². The molecule has 0 spiro atoms. The van der Waals surface area contributed by atoms with Gasteiger partial charge in [0.1, 0.15) is 11.5 Å². The average molecular weight is 465 g/mol. The first kappa shape index (κ1) is 24.0. The summed E-state index contributed by atoms with van der Waals surface area (Å²) >= 11 is 6.01. The molecular formula is C26H25ClN2O4. The zero-order valence-corrected chi connectivity index (χ0v) is 19.2. The van der Waals surface area contributed by atoms with Crippen molar-refractivity contribution in [2.75, 3.05) is 6.61 Å². The Balaban J connectivity index is 1.44. The highest BCUT2D eigenvalue weighted by Crippen LogP contribution is 2.21. The van der Waals surface area contributed by atoms with Crippen LogP contribution < -0.4 is 14.9 Å². The Hall–Kier alpha value is -3.64. The molecule has 0 aliphatic carbocycles. The lowest BCUT2D eigenvalue weighted by Crippen LogP contribution is -2.24. The van der Waals surface area contributed by atoms with Crippen molar-refractivity contribution in [3.05, 3.63) is 94.5 Å². The van der Waals surface area contributed by atoms with Crippen LogP contribution in [0.15, 0.2) is 77.9 Å². The van der Waals surface area contributed by atoms with Gasteiger partial charge in [-0.05, 0) is 72.0 Å². The predicted octanol–water partition coefficient (Wildman–Crippen LogP) is 5.60. The number of halogens is 1. The summed E-state index contributed by atoms with van der Waals surface area (Å²) in [7, 11) is 0. The van der Waals surface area contributed by atoms with E-state index < -0.39 is 5.97 Å². The lowest BCUT2D eigenvalue weighted by molar-refractivity contribution is -0.123. The smallest absolute Gasteiger partial charge is 0.345 e. The number of nitrogens with one attached hydrogen (secondary N) is 1. The third-order valence-corrected chi connectivity index (χ3v) is 5.35. The first-order valence-electron chi connectivity index (χ1n) is 10.6. The largest absolute Gasteiger partial charge is 0.484 e. The van der Waals surface area contributed by atoms with Crippen LogP contribution in [0.25, 0.3) is 0 Å². The second-order valence-electron chi connectivity index (χ2n) is 7.40. The number of rotatable bonds is 9. The molecule has 1 amide bonds. The summed E-state index contributed by atoms with van der Waals surface area (Å²) in [4.78, 5) is 24.1. The Labute approximate surface area is 198 Å². The quantitative estimate of drug-likeness (QED) is 0.193. The van der Waals surface area contributed by atoms with E-state index in [9.17, 15) is 9.59 Å². The van der Waals surface area contributed by atoms with Crippen LogP contribution in [0.3, 0.4) is 0 Å². The van der Waals surface area contributed by atoms with Crippen molar-refractivity contribution in [1.82, 2.24) is 5.43 Å². The summed E-state index contributed by atoms with van der Waals surface area (Å²) in [6, 6.07) is 21.1. The monoisotopic (exact) mass is 464 g/mol. The molecule has 7 heteroatoms. The average Bonchev–Trinajstić information content (AvgIpc) is 2.84. The van der Waals surface area contributed by atoms with E-state index >= 15 is 0 Å². The van der Waals surface area contributed by atoms with Crippen LogP contribution in [-0.4, -0.2) is 24.7 Å². The normalized spacial score (nSPS) is 11.7. The number of hydrogen-bond acceptors (Lipinski definition) is 5. The molecule has 33 heavy (non-hydrogen) atoms. The summed E-state index contributed by atoms with van der Waals surface area (Å²) in [6.07, 6.45) is 2.55. The van der Waals surface area contributed by atoms with Crippen molar-refractivity contribution in [2.45, 2.75) is 26.2 Å². The number of nitrogens with zero attached hydrogens (tertiary/aromatic N) is 1. The molecule has 0 aliphatic heterocycles. The maximum Gasteiger partial charge on any atom is 0.345 e. The zero-order chi connectivity index (χ0) is 23.6. The molecule has 3 rings (SSSR count). The molecule has 0 saturated carbocycles. The fraction of sp³-hybridized carbons (Fsp3) is 0.192. The Bertz CT molecular complexity index is 1110. The molecule has 0 heterocycles. The highest BCUT2D eigenvalue weighted by atomic mass is 35.5. The van der Waals surface area contributed by atoms with Gasteiger partial charge in [-0.1, -0.05) is 49.7 Å². The Kier molecular flexibility index (Phi) is 8.61. The number of carbonyl (C=O) groups excluding carboxylic acids is 2. The molecule has 170 valence electrons. The van der Waals surface area contributed by atoms with E-state index in [2.05, 4.69) is 24.4 Å². The summed E-state index contributed by atoms with van der Waals surface area (Å²) in [5.74, 6) is 0.573. The number of amides is 1. The van der Waals surface area contributed by atoms with E-state index in [0.29, 0.717) is 28.0 Å². The van der Waals surface area contributed by atoms with Crippen LogP contribution in [0.1, 0.15) is 47.7 Å². The molecule has 3 aromatic rings. The summed E-state index contributed by atoms with van der Waals surface area (Å²) in [5, 5.41) is 4.25. The van der Waals surface area contributed by atoms with Gasteiger partial charge in [0.25, 0.3) is 5.91 Å². The van der Waals surface area contributed by atoms with Gasteiger partial charge in [-0.25, -0.2) is 10.2 Å². The number of hydrazone groups is 1. The maximum atomic E-state index is 12.2. The number of benzene rings is 3. The van der Waals surface area contributed by atoms with Gasteiger partial charge in [0.2, 0.25) is 0 Å². The Morgan fingerprint density at radius 3 is 2.33 bits per heavy atom. The number of hydrogen-bond donors (Lipinski definition) is 1. The number of esters is 1. The number of ether oxygens (including phenoxy) is 2. The molecule has 0 saturated heterocycles. The fourth-order valence-corrected chi connectivity index (χ4v) is 3.11. The van der Waals surface area contributed by atoms with Gasteiger partial charge in [0.05, 0.1) is 16.8 Å². The van der Waals surface area contributed by atoms with Crippen molar-refractivity contribution >= 4 is 29.7 Å². The molecule has 0 bridgehead atoms. The first-order chi connectivity index (χ1) is 16.0. The predicted molar refractivity (Wildman–Crippen MR) is 129 cm³/mol. The van der Waals surface area contributed by atoms with Crippen molar-refractivity contribution in [2.24, 2.45) is 5.10 Å². The van der Waals surface area contributed by atoms with Crippen LogP contribution in [0, 0.1) is 0 Å². The van der Waals surface area contributed by atoms with Crippen molar-refractivity contribution < 1.29 is 19.1 Å². The minimum atomic E-state index is -0.538. The van der Waals surface area contributed by atoms with Gasteiger partial charge in [-0.3, -0.25) is 4.79 Å². The van der Waals surface area contributed by atoms with E-state index in [1.54, 1.807) is 48.5 Å². The van der Waals surface area contributed by atoms with Gasteiger partial charge in [0.15, 0.2) is 6.61 Å². The van der Waals surface area contributed by atoms with Crippen molar-refractivity contribution in [3.8, 4) is 11.5 Å². The van der Waals surface area contributed by atoms with Crippen molar-refractivity contribution in [3.63, 3.8) is 0 Å². The highest BCUT2D eigenvalue weighted by molar-refractivity contribution is 6.33. The van der Waals surface area contributed by atoms with Crippen LogP contribution in [0.5, 0.6) is 11.5 Å². The zero-order valence-electron chi connectivity index (χ0n) is 18.5. The van der Waals surface area contributed by atoms with E-state index in [1.165, 1.54) is 11.8 Å². The lowest BCUT2D eigenvalue weighted by Gasteiger charge is -2.10. The Morgan fingerprint density at radius 1 is 1.00 bits per heavy atom. The second-order valence-corrected chi connectivity index (χ2v) is 7.81. The van der Waals surface area contributed by atoms with Crippen LogP contribution >= 0.6 is 11.6 Å². The van der Waals surface area contributed by atoms with Gasteiger partial charge in [0, 0.05) is 0 Å². The highest BCUT2D eigenvalue weighted by Gasteiger charge is 2.12. The van der Waals surface area contributed by atoms with Gasteiger partial charge in [-0.15, -0.1) is 0 Å².